The third-order valence-corrected chi connectivity index (χ3v) is 5.26. The highest BCUT2D eigenvalue weighted by atomic mass is 79.9. The van der Waals surface area contributed by atoms with Crippen LogP contribution in [0.2, 0.25) is 0 Å². The zero-order valence-corrected chi connectivity index (χ0v) is 16.7. The lowest BCUT2D eigenvalue weighted by molar-refractivity contribution is -0.140. The predicted octanol–water partition coefficient (Wildman–Crippen LogP) is 4.50. The molecule has 0 heterocycles. The zero-order valence-electron chi connectivity index (χ0n) is 15.1. The molecule has 0 aliphatic heterocycles. The number of carbonyl (C=O) groups excluding carboxylic acids is 2. The fourth-order valence-corrected chi connectivity index (χ4v) is 3.63. The van der Waals surface area contributed by atoms with E-state index >= 15 is 0 Å². The highest BCUT2D eigenvalue weighted by Crippen LogP contribution is 2.35. The van der Waals surface area contributed by atoms with E-state index in [9.17, 15) is 9.59 Å². The van der Waals surface area contributed by atoms with E-state index in [0.29, 0.717) is 19.4 Å². The fraction of sp³-hybridized carbons (Fsp3) is 0.600. The summed E-state index contributed by atoms with van der Waals surface area (Å²) in [5, 5.41) is 0.898. The van der Waals surface area contributed by atoms with Gasteiger partial charge in [-0.25, -0.2) is 0 Å². The quantitative estimate of drug-likeness (QED) is 0.341. The van der Waals surface area contributed by atoms with E-state index in [1.165, 1.54) is 7.11 Å². The number of ether oxygens (including phenoxy) is 2. The van der Waals surface area contributed by atoms with Crippen molar-refractivity contribution in [1.29, 1.82) is 0 Å². The number of benzene rings is 1. The number of fused-ring (bicyclic) bond motifs is 1. The van der Waals surface area contributed by atoms with Gasteiger partial charge in [-0.3, -0.25) is 9.59 Å². The van der Waals surface area contributed by atoms with E-state index in [-0.39, 0.29) is 17.7 Å². The van der Waals surface area contributed by atoms with E-state index in [1.54, 1.807) is 0 Å². The van der Waals surface area contributed by atoms with Gasteiger partial charge in [-0.15, -0.1) is 0 Å². The lowest BCUT2D eigenvalue weighted by atomic mass is 9.77. The number of esters is 1. The first-order valence-electron chi connectivity index (χ1n) is 9.06. The molecule has 1 aliphatic rings. The maximum absolute atomic E-state index is 13.1. The van der Waals surface area contributed by atoms with Gasteiger partial charge in [-0.2, -0.15) is 0 Å². The number of methoxy groups -OCH3 is 1. The van der Waals surface area contributed by atoms with Crippen molar-refractivity contribution in [2.75, 3.05) is 19.0 Å². The maximum atomic E-state index is 13.1. The average Bonchev–Trinajstić information content (AvgIpc) is 2.62. The molecule has 0 radical (unpaired) electrons. The summed E-state index contributed by atoms with van der Waals surface area (Å²) >= 11 is 3.41. The van der Waals surface area contributed by atoms with Gasteiger partial charge in [0.15, 0.2) is 5.78 Å². The molecule has 0 fully saturated rings. The summed E-state index contributed by atoms with van der Waals surface area (Å²) in [6.45, 7) is 2.75. The minimum Gasteiger partial charge on any atom is -0.493 e. The molecule has 138 valence electrons. The Labute approximate surface area is 158 Å². The van der Waals surface area contributed by atoms with E-state index in [1.807, 2.05) is 12.1 Å². The highest BCUT2D eigenvalue weighted by molar-refractivity contribution is 9.09. The number of rotatable bonds is 9. The molecule has 5 heteroatoms. The van der Waals surface area contributed by atoms with Crippen LogP contribution in [-0.2, 0) is 22.4 Å². The molecule has 0 amide bonds. The molecule has 4 nitrogen and oxygen atoms in total. The van der Waals surface area contributed by atoms with E-state index < -0.39 is 0 Å². The minimum atomic E-state index is -0.251. The summed E-state index contributed by atoms with van der Waals surface area (Å²) in [5.74, 6) is 0.655. The van der Waals surface area contributed by atoms with Crippen LogP contribution in [0.15, 0.2) is 12.1 Å². The van der Waals surface area contributed by atoms with Crippen molar-refractivity contribution in [2.24, 2.45) is 5.92 Å². The molecule has 1 aliphatic carbocycles. The second-order valence-electron chi connectivity index (χ2n) is 6.43. The largest absolute Gasteiger partial charge is 0.493 e. The maximum Gasteiger partial charge on any atom is 0.305 e. The average molecular weight is 411 g/mol. The summed E-state index contributed by atoms with van der Waals surface area (Å²) in [5.41, 5.74) is 3.01. The smallest absolute Gasteiger partial charge is 0.305 e. The van der Waals surface area contributed by atoms with Crippen molar-refractivity contribution in [3.05, 3.63) is 28.8 Å². The van der Waals surface area contributed by atoms with Crippen molar-refractivity contribution < 1.29 is 19.1 Å². The van der Waals surface area contributed by atoms with Gasteiger partial charge < -0.3 is 9.47 Å². The first-order chi connectivity index (χ1) is 12.1. The third kappa shape index (κ3) is 5.06. The highest BCUT2D eigenvalue weighted by Gasteiger charge is 2.31. The van der Waals surface area contributed by atoms with Gasteiger partial charge >= 0.3 is 5.97 Å². The molecule has 25 heavy (non-hydrogen) atoms. The van der Waals surface area contributed by atoms with E-state index in [4.69, 9.17) is 9.47 Å². The Balaban J connectivity index is 2.25. The van der Waals surface area contributed by atoms with E-state index in [0.717, 1.165) is 59.9 Å². The van der Waals surface area contributed by atoms with Gasteiger partial charge in [-0.05, 0) is 43.7 Å². The lowest BCUT2D eigenvalue weighted by Gasteiger charge is -2.26. The van der Waals surface area contributed by atoms with Crippen LogP contribution < -0.4 is 4.74 Å². The molecule has 2 rings (SSSR count). The topological polar surface area (TPSA) is 52.6 Å². The first-order valence-corrected chi connectivity index (χ1v) is 10.2. The normalized spacial score (nSPS) is 16.4. The first kappa shape index (κ1) is 20.0. The van der Waals surface area contributed by atoms with Gasteiger partial charge in [0, 0.05) is 28.8 Å². The van der Waals surface area contributed by atoms with Gasteiger partial charge in [0.05, 0.1) is 13.7 Å². The van der Waals surface area contributed by atoms with Gasteiger partial charge in [0.2, 0.25) is 0 Å². The molecule has 1 unspecified atom stereocenters. The minimum absolute atomic E-state index is 0.0972. The fourth-order valence-electron chi connectivity index (χ4n) is 3.40. The second-order valence-corrected chi connectivity index (χ2v) is 7.23. The predicted molar refractivity (Wildman–Crippen MR) is 102 cm³/mol. The molecule has 1 aromatic carbocycles. The van der Waals surface area contributed by atoms with Crippen molar-refractivity contribution in [1.82, 2.24) is 0 Å². The van der Waals surface area contributed by atoms with E-state index in [2.05, 4.69) is 22.9 Å². The summed E-state index contributed by atoms with van der Waals surface area (Å²) in [6.07, 6.45) is 5.27. The Hall–Kier alpha value is -1.36. The Bertz CT molecular complexity index is 612. The lowest BCUT2D eigenvalue weighted by Crippen LogP contribution is -2.25. The summed E-state index contributed by atoms with van der Waals surface area (Å²) in [4.78, 5) is 24.5. The van der Waals surface area contributed by atoms with Crippen LogP contribution in [-0.4, -0.2) is 30.8 Å². The summed E-state index contributed by atoms with van der Waals surface area (Å²) in [6, 6.07) is 4.05. The standard InChI is InChI=1S/C20H27BrO4/c1-3-5-16-17(25-13-4-12-21)10-8-14-6-7-15(20(23)19(14)16)9-11-18(22)24-2/h8,10,15H,3-7,9,11-13H2,1-2H3. The Kier molecular flexibility index (Phi) is 7.94. The Morgan fingerprint density at radius 1 is 1.36 bits per heavy atom. The van der Waals surface area contributed by atoms with Crippen LogP contribution in [0.1, 0.15) is 60.5 Å². The molecular weight excluding hydrogens is 384 g/mol. The van der Waals surface area contributed by atoms with Crippen LogP contribution >= 0.6 is 15.9 Å². The molecule has 0 saturated carbocycles. The molecule has 0 bridgehead atoms. The van der Waals surface area contributed by atoms with Crippen molar-refractivity contribution in [2.45, 2.75) is 51.9 Å². The second kappa shape index (κ2) is 9.95. The molecule has 1 aromatic rings. The number of carbonyl (C=O) groups is 2. The number of hydrogen-bond acceptors (Lipinski definition) is 4. The van der Waals surface area contributed by atoms with Crippen LogP contribution in [0, 0.1) is 5.92 Å². The summed E-state index contributed by atoms with van der Waals surface area (Å²) in [7, 11) is 1.39. The summed E-state index contributed by atoms with van der Waals surface area (Å²) < 4.78 is 10.6. The van der Waals surface area contributed by atoms with Crippen molar-refractivity contribution >= 4 is 27.7 Å². The monoisotopic (exact) mass is 410 g/mol. The van der Waals surface area contributed by atoms with Crippen molar-refractivity contribution in [3.8, 4) is 5.75 Å². The number of halogens is 1. The molecule has 0 aromatic heterocycles. The van der Waals surface area contributed by atoms with Gasteiger partial charge in [0.25, 0.3) is 0 Å². The molecule has 0 N–H and O–H groups in total. The molecular formula is C20H27BrO4. The zero-order chi connectivity index (χ0) is 18.2. The molecule has 1 atom stereocenters. The third-order valence-electron chi connectivity index (χ3n) is 4.70. The van der Waals surface area contributed by atoms with Gasteiger partial charge in [-0.1, -0.05) is 35.3 Å². The van der Waals surface area contributed by atoms with Crippen LogP contribution in [0.4, 0.5) is 0 Å². The van der Waals surface area contributed by atoms with Gasteiger partial charge in [0.1, 0.15) is 5.75 Å². The number of hydrogen-bond donors (Lipinski definition) is 0. The number of Topliss-reactive ketones (excluding diaryl/α,β-unsaturated/α-hetero) is 1. The molecule has 0 spiro atoms. The molecule has 0 saturated heterocycles. The van der Waals surface area contributed by atoms with Crippen LogP contribution in [0.3, 0.4) is 0 Å². The number of aryl methyl sites for hydroxylation is 1. The Morgan fingerprint density at radius 2 is 2.16 bits per heavy atom. The van der Waals surface area contributed by atoms with Crippen LogP contribution in [0.5, 0.6) is 5.75 Å². The van der Waals surface area contributed by atoms with Crippen LogP contribution in [0.25, 0.3) is 0 Å². The SMILES string of the molecule is CCCc1c(OCCCBr)ccc2c1C(=O)C(CCC(=O)OC)CC2. The number of ketones is 1. The Morgan fingerprint density at radius 3 is 2.84 bits per heavy atom. The van der Waals surface area contributed by atoms with Crippen molar-refractivity contribution in [3.63, 3.8) is 0 Å². The number of alkyl halides is 1.